The summed E-state index contributed by atoms with van der Waals surface area (Å²) < 4.78 is 28.3. The predicted molar refractivity (Wildman–Crippen MR) is 56.6 cm³/mol. The fourth-order valence-corrected chi connectivity index (χ4v) is 4.96. The van der Waals surface area contributed by atoms with Gasteiger partial charge >= 0.3 is 0 Å². The number of amides is 1. The van der Waals surface area contributed by atoms with Crippen LogP contribution in [0.15, 0.2) is 0 Å². The third kappa shape index (κ3) is 1.47. The summed E-state index contributed by atoms with van der Waals surface area (Å²) in [4.78, 5) is 13.9. The van der Waals surface area contributed by atoms with Crippen LogP contribution in [-0.2, 0) is 19.4 Å². The van der Waals surface area contributed by atoms with Gasteiger partial charge in [-0.1, -0.05) is 0 Å². The molecule has 0 aromatic heterocycles. The molecule has 0 aliphatic carbocycles. The van der Waals surface area contributed by atoms with Gasteiger partial charge in [-0.15, -0.1) is 0 Å². The molecule has 6 heteroatoms. The summed E-state index contributed by atoms with van der Waals surface area (Å²) >= 11 is 0. The number of likely N-dealkylation sites (tertiary alicyclic amines) is 1. The summed E-state index contributed by atoms with van der Waals surface area (Å²) in [5.74, 6) is 0.221. The Bertz CT molecular complexity index is 413. The molecule has 3 heterocycles. The van der Waals surface area contributed by atoms with Gasteiger partial charge in [-0.2, -0.15) is 0 Å². The van der Waals surface area contributed by atoms with E-state index in [4.69, 9.17) is 4.74 Å². The number of nitrogens with zero attached hydrogens (tertiary/aromatic N) is 1. The van der Waals surface area contributed by atoms with E-state index in [1.165, 1.54) is 0 Å². The number of hydrogen-bond donors (Lipinski definition) is 0. The first-order valence-corrected chi connectivity index (χ1v) is 7.39. The first-order valence-electron chi connectivity index (χ1n) is 5.68. The molecule has 0 aromatic carbocycles. The van der Waals surface area contributed by atoms with Gasteiger partial charge in [0.2, 0.25) is 5.91 Å². The van der Waals surface area contributed by atoms with Crippen molar-refractivity contribution in [1.29, 1.82) is 0 Å². The maximum atomic E-state index is 12.1. The van der Waals surface area contributed by atoms with E-state index in [0.717, 1.165) is 6.42 Å². The molecule has 0 N–H and O–H groups in total. The molecule has 0 radical (unpaired) electrons. The van der Waals surface area contributed by atoms with E-state index in [9.17, 15) is 13.2 Å². The van der Waals surface area contributed by atoms with Crippen molar-refractivity contribution in [3.63, 3.8) is 0 Å². The second-order valence-corrected chi connectivity index (χ2v) is 7.22. The number of hydrogen-bond acceptors (Lipinski definition) is 4. The molecule has 5 nitrogen and oxygen atoms in total. The molecule has 0 aromatic rings. The second-order valence-electron chi connectivity index (χ2n) is 4.89. The molecule has 16 heavy (non-hydrogen) atoms. The van der Waals surface area contributed by atoms with Crippen molar-refractivity contribution >= 4 is 15.7 Å². The fourth-order valence-electron chi connectivity index (χ4n) is 2.93. The van der Waals surface area contributed by atoms with Crippen LogP contribution in [0.25, 0.3) is 0 Å². The molecule has 3 aliphatic rings. The Morgan fingerprint density at radius 2 is 2.19 bits per heavy atom. The number of rotatable bonds is 1. The van der Waals surface area contributed by atoms with E-state index in [1.807, 2.05) is 0 Å². The van der Waals surface area contributed by atoms with Crippen LogP contribution >= 0.6 is 0 Å². The molecule has 3 atom stereocenters. The Kier molecular flexibility index (Phi) is 2.26. The average Bonchev–Trinajstić information content (AvgIpc) is 2.88. The van der Waals surface area contributed by atoms with Gasteiger partial charge in [-0.05, 0) is 12.8 Å². The topological polar surface area (TPSA) is 63.7 Å². The minimum absolute atomic E-state index is 0.0398. The minimum atomic E-state index is -2.90. The Balaban J connectivity index is 1.73. The molecule has 90 valence electrons. The first kappa shape index (κ1) is 10.5. The Morgan fingerprint density at radius 3 is 2.69 bits per heavy atom. The standard InChI is InChI=1S/C10H15NO4S/c12-10(7-1-2-15-5-7)11-4-9-3-8(11)6-16(9,13)14/h7-9H,1-6H2/t7-,8-,9+/m0/s1. The molecular weight excluding hydrogens is 230 g/mol. The van der Waals surface area contributed by atoms with Gasteiger partial charge in [0, 0.05) is 19.2 Å². The molecule has 0 saturated carbocycles. The number of carbonyl (C=O) groups excluding carboxylic acids is 1. The molecule has 0 spiro atoms. The number of ether oxygens (including phenoxy) is 1. The summed E-state index contributed by atoms with van der Waals surface area (Å²) in [6.45, 7) is 1.55. The third-order valence-electron chi connectivity index (χ3n) is 3.87. The molecule has 3 saturated heterocycles. The van der Waals surface area contributed by atoms with E-state index in [0.29, 0.717) is 26.2 Å². The normalized spacial score (nSPS) is 40.5. The molecule has 3 rings (SSSR count). The van der Waals surface area contributed by atoms with Crippen LogP contribution in [0.4, 0.5) is 0 Å². The lowest BCUT2D eigenvalue weighted by atomic mass is 10.1. The van der Waals surface area contributed by atoms with Crippen LogP contribution in [0.2, 0.25) is 0 Å². The summed E-state index contributed by atoms with van der Waals surface area (Å²) in [6.07, 6.45) is 1.42. The smallest absolute Gasteiger partial charge is 0.228 e. The monoisotopic (exact) mass is 245 g/mol. The lowest BCUT2D eigenvalue weighted by molar-refractivity contribution is -0.136. The highest BCUT2D eigenvalue weighted by atomic mass is 32.2. The zero-order valence-electron chi connectivity index (χ0n) is 8.96. The van der Waals surface area contributed by atoms with Crippen molar-refractivity contribution < 1.29 is 17.9 Å². The van der Waals surface area contributed by atoms with E-state index in [1.54, 1.807) is 4.90 Å². The summed E-state index contributed by atoms with van der Waals surface area (Å²) in [5, 5.41) is -0.302. The van der Waals surface area contributed by atoms with Crippen LogP contribution in [0.5, 0.6) is 0 Å². The lowest BCUT2D eigenvalue weighted by Crippen LogP contribution is -2.46. The average molecular weight is 245 g/mol. The van der Waals surface area contributed by atoms with Crippen LogP contribution in [0.3, 0.4) is 0 Å². The van der Waals surface area contributed by atoms with Gasteiger partial charge in [-0.3, -0.25) is 4.79 Å². The van der Waals surface area contributed by atoms with Crippen LogP contribution in [0.1, 0.15) is 12.8 Å². The van der Waals surface area contributed by atoms with Crippen molar-refractivity contribution in [3.8, 4) is 0 Å². The van der Waals surface area contributed by atoms with E-state index < -0.39 is 9.84 Å². The van der Waals surface area contributed by atoms with Crippen LogP contribution in [0, 0.1) is 5.92 Å². The molecule has 2 bridgehead atoms. The van der Waals surface area contributed by atoms with Gasteiger partial charge in [0.1, 0.15) is 0 Å². The van der Waals surface area contributed by atoms with Gasteiger partial charge in [0.25, 0.3) is 0 Å². The fraction of sp³-hybridized carbons (Fsp3) is 0.900. The van der Waals surface area contributed by atoms with Crippen LogP contribution < -0.4 is 0 Å². The Labute approximate surface area is 94.7 Å². The van der Waals surface area contributed by atoms with Crippen molar-refractivity contribution in [2.75, 3.05) is 25.5 Å². The summed E-state index contributed by atoms with van der Waals surface area (Å²) in [6, 6.07) is -0.0666. The molecular formula is C10H15NO4S. The highest BCUT2D eigenvalue weighted by Crippen LogP contribution is 2.34. The summed E-state index contributed by atoms with van der Waals surface area (Å²) in [5.41, 5.74) is 0. The third-order valence-corrected chi connectivity index (χ3v) is 6.08. The molecule has 0 unspecified atom stereocenters. The SMILES string of the molecule is O=C([C@H]1CCOC1)N1C[C@H]2C[C@H]1CS2(=O)=O. The van der Waals surface area contributed by atoms with E-state index >= 15 is 0 Å². The molecule has 3 fully saturated rings. The first-order chi connectivity index (χ1) is 7.58. The largest absolute Gasteiger partial charge is 0.381 e. The highest BCUT2D eigenvalue weighted by Gasteiger charge is 2.50. The lowest BCUT2D eigenvalue weighted by Gasteiger charge is -2.28. The Morgan fingerprint density at radius 1 is 1.38 bits per heavy atom. The van der Waals surface area contributed by atoms with Crippen molar-refractivity contribution in [2.24, 2.45) is 5.92 Å². The van der Waals surface area contributed by atoms with E-state index in [2.05, 4.69) is 0 Å². The summed E-state index contributed by atoms with van der Waals surface area (Å²) in [7, 11) is -2.90. The van der Waals surface area contributed by atoms with Gasteiger partial charge in [-0.25, -0.2) is 8.42 Å². The van der Waals surface area contributed by atoms with E-state index in [-0.39, 0.29) is 28.9 Å². The second kappa shape index (κ2) is 3.43. The van der Waals surface area contributed by atoms with Gasteiger partial charge in [0.15, 0.2) is 9.84 Å². The zero-order chi connectivity index (χ0) is 11.3. The minimum Gasteiger partial charge on any atom is -0.381 e. The maximum absolute atomic E-state index is 12.1. The number of fused-ring (bicyclic) bond motifs is 2. The molecule has 1 amide bonds. The Hall–Kier alpha value is -0.620. The van der Waals surface area contributed by atoms with Crippen molar-refractivity contribution in [1.82, 2.24) is 4.90 Å². The maximum Gasteiger partial charge on any atom is 0.228 e. The van der Waals surface area contributed by atoms with Gasteiger partial charge in [0.05, 0.1) is 23.5 Å². The zero-order valence-corrected chi connectivity index (χ0v) is 9.78. The van der Waals surface area contributed by atoms with Gasteiger partial charge < -0.3 is 9.64 Å². The quantitative estimate of drug-likeness (QED) is 0.620. The predicted octanol–water partition coefficient (Wildman–Crippen LogP) is -0.579. The number of sulfone groups is 1. The number of carbonyl (C=O) groups is 1. The van der Waals surface area contributed by atoms with Crippen molar-refractivity contribution in [3.05, 3.63) is 0 Å². The van der Waals surface area contributed by atoms with Crippen molar-refractivity contribution in [2.45, 2.75) is 24.1 Å². The highest BCUT2D eigenvalue weighted by molar-refractivity contribution is 7.92. The molecule has 3 aliphatic heterocycles. The van der Waals surface area contributed by atoms with Crippen LogP contribution in [-0.4, -0.2) is 56.0 Å².